The van der Waals surface area contributed by atoms with Crippen LogP contribution in [0.1, 0.15) is 27.2 Å². The number of benzene rings is 2. The molecule has 136 valence electrons. The number of aromatic nitrogens is 2. The van der Waals surface area contributed by atoms with Crippen LogP contribution in [0.3, 0.4) is 0 Å². The molecule has 0 saturated carbocycles. The van der Waals surface area contributed by atoms with E-state index < -0.39 is 23.5 Å². The highest BCUT2D eigenvalue weighted by Crippen LogP contribution is 2.32. The van der Waals surface area contributed by atoms with Gasteiger partial charge in [-0.1, -0.05) is 12.1 Å². The van der Waals surface area contributed by atoms with Crippen molar-refractivity contribution >= 4 is 16.9 Å². The first-order chi connectivity index (χ1) is 12.2. The number of hydrogen-bond donors (Lipinski definition) is 0. The Hall–Kier alpha value is -2.90. The third-order valence-corrected chi connectivity index (χ3v) is 3.99. The number of fused-ring (bicyclic) bond motifs is 1. The van der Waals surface area contributed by atoms with E-state index in [1.54, 1.807) is 13.0 Å². The molecule has 3 rings (SSSR count). The molecule has 0 aliphatic carbocycles. The number of carbonyl (C=O) groups is 1. The molecule has 26 heavy (non-hydrogen) atoms. The number of esters is 1. The van der Waals surface area contributed by atoms with Crippen LogP contribution in [0.15, 0.2) is 36.4 Å². The van der Waals surface area contributed by atoms with E-state index in [4.69, 9.17) is 0 Å². The Labute approximate surface area is 146 Å². The van der Waals surface area contributed by atoms with E-state index in [2.05, 4.69) is 9.84 Å². The number of halogens is 4. The average Bonchev–Trinajstić information content (AvgIpc) is 2.94. The Balaban J connectivity index is 2.17. The Bertz CT molecular complexity index is 993. The van der Waals surface area contributed by atoms with Crippen molar-refractivity contribution in [3.63, 3.8) is 0 Å². The molecule has 0 radical (unpaired) electrons. The molecular formula is C18H14F4N2O2. The molecule has 0 unspecified atom stereocenters. The Morgan fingerprint density at radius 2 is 1.92 bits per heavy atom. The Kier molecular flexibility index (Phi) is 4.43. The number of nitrogens with zero attached hydrogens (tertiary/aromatic N) is 2. The molecular weight excluding hydrogens is 352 g/mol. The maximum atomic E-state index is 14.1. The van der Waals surface area contributed by atoms with Gasteiger partial charge in [0.15, 0.2) is 5.69 Å². The number of rotatable bonds is 3. The van der Waals surface area contributed by atoms with Crippen LogP contribution in [0.4, 0.5) is 17.6 Å². The summed E-state index contributed by atoms with van der Waals surface area (Å²) in [6.07, 6.45) is -4.55. The second-order valence-corrected chi connectivity index (χ2v) is 5.82. The molecule has 4 nitrogen and oxygen atoms in total. The lowest BCUT2D eigenvalue weighted by molar-refractivity contribution is -0.137. The summed E-state index contributed by atoms with van der Waals surface area (Å²) in [6.45, 7) is 1.60. The van der Waals surface area contributed by atoms with E-state index in [1.165, 1.54) is 22.9 Å². The molecule has 0 aliphatic rings. The van der Waals surface area contributed by atoms with Crippen molar-refractivity contribution in [1.82, 2.24) is 9.78 Å². The Morgan fingerprint density at radius 3 is 2.54 bits per heavy atom. The maximum Gasteiger partial charge on any atom is 0.416 e. The second-order valence-electron chi connectivity index (χ2n) is 5.82. The summed E-state index contributed by atoms with van der Waals surface area (Å²) in [6, 6.07) is 7.47. The molecule has 3 aromatic rings. The zero-order chi connectivity index (χ0) is 19.1. The van der Waals surface area contributed by atoms with E-state index in [0.29, 0.717) is 5.56 Å². The number of carbonyl (C=O) groups excluding carboxylic acids is 1. The van der Waals surface area contributed by atoms with Gasteiger partial charge in [-0.3, -0.25) is 4.68 Å². The van der Waals surface area contributed by atoms with Crippen molar-refractivity contribution in [2.45, 2.75) is 19.6 Å². The molecule has 0 fully saturated rings. The standard InChI is InChI=1S/C18H14F4N2O2/c1-10-3-4-11(14(19)7-10)9-24-15-8-12(18(20,21)22)5-6-13(15)16(23-24)17(25)26-2/h3-8H,9H2,1-2H3. The van der Waals surface area contributed by atoms with Crippen LogP contribution in [-0.2, 0) is 17.5 Å². The third-order valence-electron chi connectivity index (χ3n) is 3.99. The van der Waals surface area contributed by atoms with E-state index in [9.17, 15) is 22.4 Å². The van der Waals surface area contributed by atoms with Crippen molar-refractivity contribution in [2.24, 2.45) is 0 Å². The summed E-state index contributed by atoms with van der Waals surface area (Å²) in [7, 11) is 1.15. The SMILES string of the molecule is COC(=O)c1nn(Cc2ccc(C)cc2F)c2cc(C(F)(F)F)ccc12. The summed E-state index contributed by atoms with van der Waals surface area (Å²) < 4.78 is 59.0. The zero-order valence-corrected chi connectivity index (χ0v) is 13.9. The minimum absolute atomic E-state index is 0.0696. The molecule has 0 bridgehead atoms. The highest BCUT2D eigenvalue weighted by Gasteiger charge is 2.31. The van der Waals surface area contributed by atoms with Gasteiger partial charge in [-0.25, -0.2) is 9.18 Å². The maximum absolute atomic E-state index is 14.1. The van der Waals surface area contributed by atoms with Crippen LogP contribution in [0.25, 0.3) is 10.9 Å². The molecule has 8 heteroatoms. The monoisotopic (exact) mass is 366 g/mol. The van der Waals surface area contributed by atoms with Crippen molar-refractivity contribution in [3.8, 4) is 0 Å². The summed E-state index contributed by atoms with van der Waals surface area (Å²) in [4.78, 5) is 11.9. The molecule has 0 amide bonds. The largest absolute Gasteiger partial charge is 0.464 e. The lowest BCUT2D eigenvalue weighted by atomic mass is 10.1. The van der Waals surface area contributed by atoms with Gasteiger partial charge in [0, 0.05) is 10.9 Å². The van der Waals surface area contributed by atoms with Crippen LogP contribution in [0.2, 0.25) is 0 Å². The van der Waals surface area contributed by atoms with Gasteiger partial charge in [0.05, 0.1) is 24.7 Å². The third kappa shape index (κ3) is 3.26. The number of methoxy groups -OCH3 is 1. The number of alkyl halides is 3. The first kappa shape index (κ1) is 17.9. The van der Waals surface area contributed by atoms with E-state index in [1.807, 2.05) is 0 Å². The molecule has 0 aliphatic heterocycles. The predicted molar refractivity (Wildman–Crippen MR) is 86.3 cm³/mol. The first-order valence-corrected chi connectivity index (χ1v) is 7.62. The van der Waals surface area contributed by atoms with Crippen molar-refractivity contribution in [3.05, 3.63) is 64.6 Å². The fourth-order valence-electron chi connectivity index (χ4n) is 2.66. The number of aryl methyl sites for hydroxylation is 1. The molecule has 1 aromatic heterocycles. The molecule has 0 atom stereocenters. The predicted octanol–water partition coefficient (Wildman–Crippen LogP) is 4.34. The zero-order valence-electron chi connectivity index (χ0n) is 13.9. The van der Waals surface area contributed by atoms with Crippen LogP contribution in [0, 0.1) is 12.7 Å². The highest BCUT2D eigenvalue weighted by molar-refractivity contribution is 6.02. The van der Waals surface area contributed by atoms with Crippen LogP contribution >= 0.6 is 0 Å². The van der Waals surface area contributed by atoms with Crippen molar-refractivity contribution in [2.75, 3.05) is 7.11 Å². The van der Waals surface area contributed by atoms with Crippen LogP contribution < -0.4 is 0 Å². The second kappa shape index (κ2) is 6.44. The summed E-state index contributed by atoms with van der Waals surface area (Å²) in [5.74, 6) is -1.28. The summed E-state index contributed by atoms with van der Waals surface area (Å²) in [5.41, 5.74) is 0.0240. The minimum Gasteiger partial charge on any atom is -0.464 e. The molecule has 2 aromatic carbocycles. The molecule has 0 spiro atoms. The van der Waals surface area contributed by atoms with Gasteiger partial charge in [-0.05, 0) is 36.8 Å². The fraction of sp³-hybridized carbons (Fsp3) is 0.222. The molecule has 0 N–H and O–H groups in total. The Morgan fingerprint density at radius 1 is 1.19 bits per heavy atom. The van der Waals surface area contributed by atoms with Crippen LogP contribution in [0.5, 0.6) is 0 Å². The fourth-order valence-corrected chi connectivity index (χ4v) is 2.66. The number of hydrogen-bond acceptors (Lipinski definition) is 3. The topological polar surface area (TPSA) is 44.1 Å². The molecule has 0 saturated heterocycles. The van der Waals surface area contributed by atoms with Gasteiger partial charge in [0.1, 0.15) is 5.82 Å². The summed E-state index contributed by atoms with van der Waals surface area (Å²) in [5, 5.41) is 4.26. The smallest absolute Gasteiger partial charge is 0.416 e. The van der Waals surface area contributed by atoms with E-state index in [-0.39, 0.29) is 28.7 Å². The lowest BCUT2D eigenvalue weighted by Gasteiger charge is -2.09. The van der Waals surface area contributed by atoms with Crippen molar-refractivity contribution in [1.29, 1.82) is 0 Å². The van der Waals surface area contributed by atoms with Gasteiger partial charge in [-0.2, -0.15) is 18.3 Å². The lowest BCUT2D eigenvalue weighted by Crippen LogP contribution is -2.08. The van der Waals surface area contributed by atoms with Crippen LogP contribution in [-0.4, -0.2) is 22.9 Å². The highest BCUT2D eigenvalue weighted by atomic mass is 19.4. The first-order valence-electron chi connectivity index (χ1n) is 7.62. The quantitative estimate of drug-likeness (QED) is 0.512. The number of ether oxygens (including phenoxy) is 1. The molecule has 1 heterocycles. The van der Waals surface area contributed by atoms with E-state index >= 15 is 0 Å². The summed E-state index contributed by atoms with van der Waals surface area (Å²) >= 11 is 0. The van der Waals surface area contributed by atoms with Gasteiger partial charge in [0.2, 0.25) is 0 Å². The van der Waals surface area contributed by atoms with Crippen molar-refractivity contribution < 1.29 is 27.1 Å². The van der Waals surface area contributed by atoms with E-state index in [0.717, 1.165) is 19.2 Å². The normalized spacial score (nSPS) is 11.8. The van der Waals surface area contributed by atoms with Gasteiger partial charge in [0.25, 0.3) is 0 Å². The minimum atomic E-state index is -4.55. The van der Waals surface area contributed by atoms with Gasteiger partial charge in [-0.15, -0.1) is 0 Å². The van der Waals surface area contributed by atoms with Gasteiger partial charge >= 0.3 is 12.1 Å². The average molecular weight is 366 g/mol. The van der Waals surface area contributed by atoms with Gasteiger partial charge < -0.3 is 4.74 Å².